The van der Waals surface area contributed by atoms with Crippen LogP contribution in [0.3, 0.4) is 0 Å². The second-order valence-electron chi connectivity index (χ2n) is 6.24. The third kappa shape index (κ3) is 5.32. The van der Waals surface area contributed by atoms with Gasteiger partial charge in [0.05, 0.1) is 22.4 Å². The van der Waals surface area contributed by atoms with Gasteiger partial charge in [0.15, 0.2) is 0 Å². The van der Waals surface area contributed by atoms with Crippen LogP contribution in [0, 0.1) is 11.3 Å². The fourth-order valence-corrected chi connectivity index (χ4v) is 4.39. The minimum atomic E-state index is 0.109. The number of nitriles is 1. The van der Waals surface area contributed by atoms with E-state index in [0.29, 0.717) is 27.9 Å². The van der Waals surface area contributed by atoms with Crippen molar-refractivity contribution in [3.63, 3.8) is 0 Å². The van der Waals surface area contributed by atoms with Gasteiger partial charge in [-0.25, -0.2) is 0 Å². The SMILES string of the molecule is N#Cc1ccc(N2CCCN(C(=O)CSc3cc(Cl)ccc3Cl)CC2)cc1. The molecule has 1 heterocycles. The topological polar surface area (TPSA) is 47.3 Å². The Kier molecular flexibility index (Phi) is 6.89. The predicted molar refractivity (Wildman–Crippen MR) is 112 cm³/mol. The molecule has 0 bridgehead atoms. The Labute approximate surface area is 173 Å². The highest BCUT2D eigenvalue weighted by Crippen LogP contribution is 2.30. The van der Waals surface area contributed by atoms with Crippen LogP contribution in [0.4, 0.5) is 5.69 Å². The van der Waals surface area contributed by atoms with E-state index in [0.717, 1.165) is 36.6 Å². The first-order valence-corrected chi connectivity index (χ1v) is 10.4. The lowest BCUT2D eigenvalue weighted by molar-refractivity contribution is -0.128. The summed E-state index contributed by atoms with van der Waals surface area (Å²) in [5, 5.41) is 10.1. The number of amides is 1. The molecule has 140 valence electrons. The Hall–Kier alpha value is -1.87. The van der Waals surface area contributed by atoms with Gasteiger partial charge in [-0.1, -0.05) is 23.2 Å². The third-order valence-corrected chi connectivity index (χ3v) is 6.17. The number of anilines is 1. The second-order valence-corrected chi connectivity index (χ2v) is 8.10. The summed E-state index contributed by atoms with van der Waals surface area (Å²) in [7, 11) is 0. The van der Waals surface area contributed by atoms with E-state index in [1.165, 1.54) is 11.8 Å². The van der Waals surface area contributed by atoms with Gasteiger partial charge in [0, 0.05) is 41.8 Å². The molecule has 1 aliphatic heterocycles. The van der Waals surface area contributed by atoms with Crippen LogP contribution in [0.2, 0.25) is 10.0 Å². The highest BCUT2D eigenvalue weighted by atomic mass is 35.5. The maximum absolute atomic E-state index is 12.6. The molecule has 0 radical (unpaired) electrons. The molecule has 2 aromatic rings. The molecule has 27 heavy (non-hydrogen) atoms. The van der Waals surface area contributed by atoms with Crippen LogP contribution in [0.25, 0.3) is 0 Å². The summed E-state index contributed by atoms with van der Waals surface area (Å²) in [6, 6.07) is 15.0. The monoisotopic (exact) mass is 419 g/mol. The molecule has 3 rings (SSSR count). The third-order valence-electron chi connectivity index (χ3n) is 4.45. The summed E-state index contributed by atoms with van der Waals surface area (Å²) < 4.78 is 0. The molecule has 0 aliphatic carbocycles. The highest BCUT2D eigenvalue weighted by molar-refractivity contribution is 8.00. The van der Waals surface area contributed by atoms with Crippen LogP contribution in [0.1, 0.15) is 12.0 Å². The number of nitrogens with zero attached hydrogens (tertiary/aromatic N) is 3. The fourth-order valence-electron chi connectivity index (χ4n) is 2.99. The van der Waals surface area contributed by atoms with E-state index in [4.69, 9.17) is 28.5 Å². The number of thioether (sulfide) groups is 1. The Morgan fingerprint density at radius 2 is 1.85 bits per heavy atom. The molecule has 0 unspecified atom stereocenters. The Balaban J connectivity index is 1.56. The zero-order chi connectivity index (χ0) is 19.2. The number of hydrogen-bond acceptors (Lipinski definition) is 4. The summed E-state index contributed by atoms with van der Waals surface area (Å²) in [5.41, 5.74) is 1.74. The van der Waals surface area contributed by atoms with Gasteiger partial charge < -0.3 is 9.80 Å². The Morgan fingerprint density at radius 3 is 2.59 bits per heavy atom. The average Bonchev–Trinajstić information content (AvgIpc) is 2.95. The first-order valence-electron chi connectivity index (χ1n) is 8.67. The summed E-state index contributed by atoms with van der Waals surface area (Å²) in [6.45, 7) is 3.10. The minimum absolute atomic E-state index is 0.109. The lowest BCUT2D eigenvalue weighted by Gasteiger charge is -2.23. The maximum Gasteiger partial charge on any atom is 0.232 e. The highest BCUT2D eigenvalue weighted by Gasteiger charge is 2.20. The molecule has 1 fully saturated rings. The van der Waals surface area contributed by atoms with Crippen molar-refractivity contribution in [3.8, 4) is 6.07 Å². The molecule has 1 saturated heterocycles. The molecule has 0 atom stereocenters. The normalized spacial score (nSPS) is 14.6. The van der Waals surface area contributed by atoms with Crippen molar-refractivity contribution in [2.24, 2.45) is 0 Å². The largest absolute Gasteiger partial charge is 0.370 e. The lowest BCUT2D eigenvalue weighted by Crippen LogP contribution is -2.36. The molecule has 1 amide bonds. The van der Waals surface area contributed by atoms with Gasteiger partial charge >= 0.3 is 0 Å². The number of hydrogen-bond donors (Lipinski definition) is 0. The van der Waals surface area contributed by atoms with E-state index in [1.54, 1.807) is 18.2 Å². The molecule has 4 nitrogen and oxygen atoms in total. The van der Waals surface area contributed by atoms with Crippen molar-refractivity contribution < 1.29 is 4.79 Å². The van der Waals surface area contributed by atoms with Gasteiger partial charge in [0.1, 0.15) is 0 Å². The number of carbonyl (C=O) groups excluding carboxylic acids is 1. The van der Waals surface area contributed by atoms with Crippen molar-refractivity contribution in [3.05, 3.63) is 58.1 Å². The number of carbonyl (C=O) groups is 1. The first-order chi connectivity index (χ1) is 13.1. The molecule has 7 heteroatoms. The van der Waals surface area contributed by atoms with Crippen molar-refractivity contribution in [2.75, 3.05) is 36.8 Å². The van der Waals surface area contributed by atoms with E-state index in [-0.39, 0.29) is 5.91 Å². The fraction of sp³-hybridized carbons (Fsp3) is 0.300. The van der Waals surface area contributed by atoms with Crippen molar-refractivity contribution in [2.45, 2.75) is 11.3 Å². The average molecular weight is 420 g/mol. The van der Waals surface area contributed by atoms with E-state index >= 15 is 0 Å². The summed E-state index contributed by atoms with van der Waals surface area (Å²) in [5.74, 6) is 0.453. The molecule has 1 aliphatic rings. The van der Waals surface area contributed by atoms with E-state index in [1.807, 2.05) is 29.2 Å². The zero-order valence-electron chi connectivity index (χ0n) is 14.7. The van der Waals surface area contributed by atoms with Gasteiger partial charge in [-0.15, -0.1) is 11.8 Å². The van der Waals surface area contributed by atoms with Crippen molar-refractivity contribution in [1.29, 1.82) is 5.26 Å². The van der Waals surface area contributed by atoms with Gasteiger partial charge in [0.2, 0.25) is 5.91 Å². The van der Waals surface area contributed by atoms with E-state index < -0.39 is 0 Å². The van der Waals surface area contributed by atoms with Gasteiger partial charge in [-0.3, -0.25) is 4.79 Å². The van der Waals surface area contributed by atoms with Crippen LogP contribution in [0.15, 0.2) is 47.4 Å². The Morgan fingerprint density at radius 1 is 1.07 bits per heavy atom. The van der Waals surface area contributed by atoms with Gasteiger partial charge in [-0.2, -0.15) is 5.26 Å². The summed E-state index contributed by atoms with van der Waals surface area (Å²) in [4.78, 5) is 17.6. The van der Waals surface area contributed by atoms with Crippen LogP contribution in [0.5, 0.6) is 0 Å². The maximum atomic E-state index is 12.6. The quantitative estimate of drug-likeness (QED) is 0.673. The smallest absolute Gasteiger partial charge is 0.232 e. The minimum Gasteiger partial charge on any atom is -0.370 e. The van der Waals surface area contributed by atoms with Crippen LogP contribution >= 0.6 is 35.0 Å². The van der Waals surface area contributed by atoms with Crippen LogP contribution in [-0.2, 0) is 4.79 Å². The molecule has 0 aromatic heterocycles. The molecular formula is C20H19Cl2N3OS. The van der Waals surface area contributed by atoms with Gasteiger partial charge in [0.25, 0.3) is 0 Å². The lowest BCUT2D eigenvalue weighted by atomic mass is 10.2. The van der Waals surface area contributed by atoms with Gasteiger partial charge in [-0.05, 0) is 48.9 Å². The molecular weight excluding hydrogens is 401 g/mol. The molecule has 0 N–H and O–H groups in total. The van der Waals surface area contributed by atoms with Crippen molar-refractivity contribution in [1.82, 2.24) is 4.90 Å². The first kappa shape index (κ1) is 19.9. The van der Waals surface area contributed by atoms with Crippen LogP contribution < -0.4 is 4.90 Å². The van der Waals surface area contributed by atoms with Crippen LogP contribution in [-0.4, -0.2) is 42.7 Å². The number of benzene rings is 2. The standard InChI is InChI=1S/C20H19Cl2N3OS/c21-16-4-7-18(22)19(12-16)27-14-20(26)25-9-1-8-24(10-11-25)17-5-2-15(13-23)3-6-17/h2-7,12H,1,8-11,14H2. The Bertz CT molecular complexity index is 851. The summed E-state index contributed by atoms with van der Waals surface area (Å²) >= 11 is 13.6. The van der Waals surface area contributed by atoms with E-state index in [2.05, 4.69) is 11.0 Å². The molecule has 0 spiro atoms. The molecule has 0 saturated carbocycles. The number of halogens is 2. The molecule has 2 aromatic carbocycles. The van der Waals surface area contributed by atoms with E-state index in [9.17, 15) is 4.79 Å². The summed E-state index contributed by atoms with van der Waals surface area (Å²) in [6.07, 6.45) is 0.911. The zero-order valence-corrected chi connectivity index (χ0v) is 17.0. The predicted octanol–water partition coefficient (Wildman–Crippen LogP) is 4.70. The van der Waals surface area contributed by atoms with Crippen molar-refractivity contribution >= 4 is 46.6 Å². The second kappa shape index (κ2) is 9.36. The number of rotatable bonds is 4.